The third-order valence-corrected chi connectivity index (χ3v) is 8.47. The van der Waals surface area contributed by atoms with Crippen LogP contribution in [0.3, 0.4) is 0 Å². The van der Waals surface area contributed by atoms with Crippen LogP contribution < -0.4 is 5.32 Å². The second kappa shape index (κ2) is 10.8. The molecule has 1 amide bonds. The molecular weight excluding hydrogens is 442 g/mol. The van der Waals surface area contributed by atoms with Gasteiger partial charge in [0.25, 0.3) is 5.91 Å². The number of carbonyl (C=O) groups is 1. The maximum Gasteiger partial charge on any atom is 0.253 e. The molecule has 0 bridgehead atoms. The van der Waals surface area contributed by atoms with E-state index in [1.807, 2.05) is 0 Å². The average Bonchev–Trinajstić information content (AvgIpc) is 3.50. The SMILES string of the molecule is Cc1c(C(=O)NCC2CCCCC2)cc(-c2csc(-c3cnccn3)n2)n1CC1CCCCC1. The Bertz CT molecular complexity index is 1090. The van der Waals surface area contributed by atoms with E-state index in [0.717, 1.165) is 46.4 Å². The van der Waals surface area contributed by atoms with Crippen LogP contribution in [0.4, 0.5) is 0 Å². The summed E-state index contributed by atoms with van der Waals surface area (Å²) in [5, 5.41) is 6.19. The summed E-state index contributed by atoms with van der Waals surface area (Å²) in [7, 11) is 0. The molecule has 6 nitrogen and oxygen atoms in total. The third-order valence-electron chi connectivity index (χ3n) is 7.60. The van der Waals surface area contributed by atoms with Crippen molar-refractivity contribution in [1.29, 1.82) is 0 Å². The van der Waals surface area contributed by atoms with Crippen molar-refractivity contribution in [3.63, 3.8) is 0 Å². The molecule has 0 aliphatic heterocycles. The Kier molecular flexibility index (Phi) is 7.38. The van der Waals surface area contributed by atoms with E-state index in [2.05, 4.69) is 38.2 Å². The smallest absolute Gasteiger partial charge is 0.253 e. The van der Waals surface area contributed by atoms with Gasteiger partial charge in [0.15, 0.2) is 0 Å². The molecule has 2 aliphatic carbocycles. The summed E-state index contributed by atoms with van der Waals surface area (Å²) in [6.45, 7) is 3.84. The van der Waals surface area contributed by atoms with E-state index in [0.29, 0.717) is 11.8 Å². The second-order valence-electron chi connectivity index (χ2n) is 9.99. The van der Waals surface area contributed by atoms with Gasteiger partial charge in [0, 0.05) is 36.6 Å². The first-order valence-electron chi connectivity index (χ1n) is 12.9. The Morgan fingerprint density at radius 3 is 2.47 bits per heavy atom. The first-order valence-corrected chi connectivity index (χ1v) is 13.8. The van der Waals surface area contributed by atoms with Crippen LogP contribution in [-0.4, -0.2) is 32.0 Å². The molecule has 0 spiro atoms. The van der Waals surface area contributed by atoms with Gasteiger partial charge >= 0.3 is 0 Å². The van der Waals surface area contributed by atoms with Gasteiger partial charge in [0.05, 0.1) is 23.1 Å². The molecule has 34 heavy (non-hydrogen) atoms. The van der Waals surface area contributed by atoms with E-state index >= 15 is 0 Å². The second-order valence-corrected chi connectivity index (χ2v) is 10.8. The quantitative estimate of drug-likeness (QED) is 0.435. The van der Waals surface area contributed by atoms with E-state index in [-0.39, 0.29) is 5.91 Å². The summed E-state index contributed by atoms with van der Waals surface area (Å²) in [5.74, 6) is 1.33. The van der Waals surface area contributed by atoms with Crippen molar-refractivity contribution in [1.82, 2.24) is 24.8 Å². The maximum absolute atomic E-state index is 13.3. The lowest BCUT2D eigenvalue weighted by Crippen LogP contribution is -2.30. The minimum absolute atomic E-state index is 0.0519. The monoisotopic (exact) mass is 477 g/mol. The van der Waals surface area contributed by atoms with Crippen molar-refractivity contribution < 1.29 is 4.79 Å². The zero-order chi connectivity index (χ0) is 23.3. The molecule has 5 rings (SSSR count). The molecule has 0 unspecified atom stereocenters. The van der Waals surface area contributed by atoms with Gasteiger partial charge in [-0.25, -0.2) is 4.98 Å². The molecule has 2 saturated carbocycles. The van der Waals surface area contributed by atoms with E-state index in [4.69, 9.17) is 4.98 Å². The minimum Gasteiger partial charge on any atom is -0.352 e. The Balaban J connectivity index is 1.42. The van der Waals surface area contributed by atoms with Gasteiger partial charge in [0.1, 0.15) is 10.7 Å². The van der Waals surface area contributed by atoms with Crippen molar-refractivity contribution >= 4 is 17.2 Å². The lowest BCUT2D eigenvalue weighted by Gasteiger charge is -2.24. The normalized spacial score (nSPS) is 17.7. The number of nitrogens with zero attached hydrogens (tertiary/aromatic N) is 4. The Hall–Kier alpha value is -2.54. The van der Waals surface area contributed by atoms with E-state index in [1.54, 1.807) is 29.9 Å². The largest absolute Gasteiger partial charge is 0.352 e. The number of amides is 1. The Morgan fingerprint density at radius 2 is 1.76 bits per heavy atom. The molecule has 1 N–H and O–H groups in total. The van der Waals surface area contributed by atoms with Crippen LogP contribution in [0, 0.1) is 18.8 Å². The highest BCUT2D eigenvalue weighted by Crippen LogP contribution is 2.33. The fourth-order valence-electron chi connectivity index (χ4n) is 5.59. The standard InChI is InChI=1S/C27H35N5OS/c1-19-22(26(33)30-15-20-8-4-2-5-9-20)14-25(32(19)17-21-10-6-3-7-11-21)24-18-34-27(31-24)23-16-28-12-13-29-23/h12-14,16,18,20-21H,2-11,15,17H2,1H3,(H,30,33). The first-order chi connectivity index (χ1) is 16.7. The van der Waals surface area contributed by atoms with Crippen molar-refractivity contribution in [2.24, 2.45) is 11.8 Å². The van der Waals surface area contributed by atoms with Crippen LogP contribution in [0.15, 0.2) is 30.0 Å². The highest BCUT2D eigenvalue weighted by Gasteiger charge is 2.24. The van der Waals surface area contributed by atoms with Crippen molar-refractivity contribution in [2.75, 3.05) is 6.54 Å². The fraction of sp³-hybridized carbons (Fsp3) is 0.556. The van der Waals surface area contributed by atoms with Gasteiger partial charge < -0.3 is 9.88 Å². The minimum atomic E-state index is 0.0519. The van der Waals surface area contributed by atoms with Crippen LogP contribution >= 0.6 is 11.3 Å². The van der Waals surface area contributed by atoms with E-state index in [9.17, 15) is 4.79 Å². The summed E-state index contributed by atoms with van der Waals surface area (Å²) in [4.78, 5) is 26.8. The highest BCUT2D eigenvalue weighted by molar-refractivity contribution is 7.13. The Morgan fingerprint density at radius 1 is 1.03 bits per heavy atom. The van der Waals surface area contributed by atoms with E-state index < -0.39 is 0 Å². The third kappa shape index (κ3) is 5.24. The predicted molar refractivity (Wildman–Crippen MR) is 137 cm³/mol. The maximum atomic E-state index is 13.3. The summed E-state index contributed by atoms with van der Waals surface area (Å²) in [6, 6.07) is 2.06. The number of aromatic nitrogens is 4. The molecule has 3 heterocycles. The molecular formula is C27H35N5OS. The molecule has 2 fully saturated rings. The zero-order valence-electron chi connectivity index (χ0n) is 20.1. The average molecular weight is 478 g/mol. The molecule has 7 heteroatoms. The van der Waals surface area contributed by atoms with Gasteiger partial charge in [-0.05, 0) is 50.5 Å². The highest BCUT2D eigenvalue weighted by atomic mass is 32.1. The molecule has 3 aromatic rings. The lowest BCUT2D eigenvalue weighted by atomic mass is 9.89. The lowest BCUT2D eigenvalue weighted by molar-refractivity contribution is 0.0942. The van der Waals surface area contributed by atoms with Crippen LogP contribution in [0.5, 0.6) is 0 Å². The molecule has 180 valence electrons. The molecule has 3 aromatic heterocycles. The number of hydrogen-bond acceptors (Lipinski definition) is 5. The van der Waals surface area contributed by atoms with Crippen LogP contribution in [0.2, 0.25) is 0 Å². The predicted octanol–water partition coefficient (Wildman–Crippen LogP) is 6.27. The van der Waals surface area contributed by atoms with Crippen molar-refractivity contribution in [3.05, 3.63) is 41.3 Å². The van der Waals surface area contributed by atoms with Crippen molar-refractivity contribution in [3.8, 4) is 22.1 Å². The number of rotatable bonds is 7. The number of hydrogen-bond donors (Lipinski definition) is 1. The molecule has 0 radical (unpaired) electrons. The molecule has 0 atom stereocenters. The van der Waals surface area contributed by atoms with Gasteiger partial charge in [-0.1, -0.05) is 38.5 Å². The number of nitrogens with one attached hydrogen (secondary N) is 1. The Labute approximate surface area is 206 Å². The van der Waals surface area contributed by atoms with Crippen LogP contribution in [0.1, 0.15) is 80.3 Å². The van der Waals surface area contributed by atoms with E-state index in [1.165, 1.54) is 64.2 Å². The van der Waals surface area contributed by atoms with Crippen LogP contribution in [-0.2, 0) is 6.54 Å². The first kappa shape index (κ1) is 23.2. The van der Waals surface area contributed by atoms with Crippen LogP contribution in [0.25, 0.3) is 22.1 Å². The number of carbonyl (C=O) groups excluding carboxylic acids is 1. The summed E-state index contributed by atoms with van der Waals surface area (Å²) < 4.78 is 2.35. The van der Waals surface area contributed by atoms with Crippen molar-refractivity contribution in [2.45, 2.75) is 77.7 Å². The molecule has 0 aromatic carbocycles. The zero-order valence-corrected chi connectivity index (χ0v) is 20.9. The van der Waals surface area contributed by atoms with Gasteiger partial charge in [-0.2, -0.15) is 0 Å². The summed E-state index contributed by atoms with van der Waals surface area (Å²) in [5.41, 5.74) is 4.57. The van der Waals surface area contributed by atoms with Gasteiger partial charge in [-0.3, -0.25) is 14.8 Å². The van der Waals surface area contributed by atoms with Gasteiger partial charge in [-0.15, -0.1) is 11.3 Å². The molecule has 0 saturated heterocycles. The summed E-state index contributed by atoms with van der Waals surface area (Å²) >= 11 is 1.58. The topological polar surface area (TPSA) is 72.7 Å². The molecule has 2 aliphatic rings. The van der Waals surface area contributed by atoms with Gasteiger partial charge in [0.2, 0.25) is 0 Å². The number of thiazole rings is 1. The summed E-state index contributed by atoms with van der Waals surface area (Å²) in [6.07, 6.45) is 18.0. The fourth-order valence-corrected chi connectivity index (χ4v) is 6.37.